The Bertz CT molecular complexity index is 1140. The Morgan fingerprint density at radius 3 is 2.03 bits per heavy atom. The molecular weight excluding hydrogens is 424 g/mol. The molecule has 3 aromatic carbocycles. The molecule has 1 aromatic heterocycles. The summed E-state index contributed by atoms with van der Waals surface area (Å²) < 4.78 is 8.57. The summed E-state index contributed by atoms with van der Waals surface area (Å²) in [7, 11) is -2.42. The standard InChI is InChI=1S/C29H32OSSi/c1-29(2,3)32(25-12-6-4-7-13-25,26-14-8-5-9-15-26)30-20-23-18-22(23)19-24-21-31-28-17-11-10-16-27(24)28/h4-17,21-23H,18-20H2,1-3H3. The van der Waals surface area contributed by atoms with Crippen LogP contribution in [-0.4, -0.2) is 14.9 Å². The molecule has 4 aromatic rings. The Morgan fingerprint density at radius 1 is 0.812 bits per heavy atom. The van der Waals surface area contributed by atoms with Crippen molar-refractivity contribution in [3.05, 3.63) is 95.9 Å². The number of benzene rings is 3. The van der Waals surface area contributed by atoms with Crippen LogP contribution in [0.1, 0.15) is 32.8 Å². The summed E-state index contributed by atoms with van der Waals surface area (Å²) in [6, 6.07) is 30.8. The minimum Gasteiger partial charge on any atom is -0.407 e. The number of thiophene rings is 1. The summed E-state index contributed by atoms with van der Waals surface area (Å²) in [4.78, 5) is 0. The fraction of sp³-hybridized carbons (Fsp3) is 0.310. The molecule has 2 unspecified atom stereocenters. The van der Waals surface area contributed by atoms with Crippen molar-refractivity contribution >= 4 is 40.1 Å². The lowest BCUT2D eigenvalue weighted by molar-refractivity contribution is 0.274. The third-order valence-corrected chi connectivity index (χ3v) is 13.1. The van der Waals surface area contributed by atoms with Crippen molar-refractivity contribution in [3.8, 4) is 0 Å². The quantitative estimate of drug-likeness (QED) is 0.283. The van der Waals surface area contributed by atoms with Crippen LogP contribution in [0.5, 0.6) is 0 Å². The average molecular weight is 457 g/mol. The number of hydrogen-bond acceptors (Lipinski definition) is 2. The van der Waals surface area contributed by atoms with Crippen LogP contribution in [0.2, 0.25) is 5.04 Å². The van der Waals surface area contributed by atoms with Gasteiger partial charge in [0, 0.05) is 11.3 Å². The van der Waals surface area contributed by atoms with Crippen molar-refractivity contribution in [2.45, 2.75) is 38.7 Å². The molecule has 0 amide bonds. The van der Waals surface area contributed by atoms with E-state index >= 15 is 0 Å². The second-order valence-corrected chi connectivity index (χ2v) is 15.4. The van der Waals surface area contributed by atoms with Gasteiger partial charge in [-0.3, -0.25) is 0 Å². The molecule has 1 aliphatic carbocycles. The summed E-state index contributed by atoms with van der Waals surface area (Å²) in [5, 5.41) is 6.60. The van der Waals surface area contributed by atoms with Gasteiger partial charge in [0.25, 0.3) is 8.32 Å². The first kappa shape index (κ1) is 21.6. The summed E-state index contributed by atoms with van der Waals surface area (Å²) in [6.07, 6.45) is 2.46. The lowest BCUT2D eigenvalue weighted by Crippen LogP contribution is -2.66. The Balaban J connectivity index is 1.38. The lowest BCUT2D eigenvalue weighted by atomic mass is 10.1. The van der Waals surface area contributed by atoms with Crippen molar-refractivity contribution in [3.63, 3.8) is 0 Å². The molecule has 5 rings (SSSR count). The minimum atomic E-state index is -2.42. The Kier molecular flexibility index (Phi) is 5.83. The van der Waals surface area contributed by atoms with Gasteiger partial charge in [0.1, 0.15) is 0 Å². The van der Waals surface area contributed by atoms with Gasteiger partial charge >= 0.3 is 0 Å². The molecule has 1 heterocycles. The van der Waals surface area contributed by atoms with Gasteiger partial charge < -0.3 is 4.43 Å². The van der Waals surface area contributed by atoms with Crippen LogP contribution < -0.4 is 10.4 Å². The van der Waals surface area contributed by atoms with E-state index in [0.717, 1.165) is 12.5 Å². The predicted molar refractivity (Wildman–Crippen MR) is 141 cm³/mol. The highest BCUT2D eigenvalue weighted by Gasteiger charge is 2.51. The maximum Gasteiger partial charge on any atom is 0.261 e. The van der Waals surface area contributed by atoms with E-state index in [4.69, 9.17) is 4.43 Å². The molecule has 2 atom stereocenters. The Hall–Kier alpha value is -2.20. The number of hydrogen-bond donors (Lipinski definition) is 0. The van der Waals surface area contributed by atoms with Crippen molar-refractivity contribution in [2.24, 2.45) is 11.8 Å². The largest absolute Gasteiger partial charge is 0.407 e. The van der Waals surface area contributed by atoms with Crippen LogP contribution in [0.3, 0.4) is 0 Å². The molecule has 0 radical (unpaired) electrons. The van der Waals surface area contributed by atoms with Gasteiger partial charge in [0.15, 0.2) is 0 Å². The summed E-state index contributed by atoms with van der Waals surface area (Å²) in [5.74, 6) is 1.40. The SMILES string of the molecule is CC(C)(C)[Si](OCC1CC1Cc1csc2ccccc12)(c1ccccc1)c1ccccc1. The van der Waals surface area contributed by atoms with E-state index in [0.29, 0.717) is 5.92 Å². The smallest absolute Gasteiger partial charge is 0.261 e. The van der Waals surface area contributed by atoms with Crippen molar-refractivity contribution in [2.75, 3.05) is 6.61 Å². The van der Waals surface area contributed by atoms with Gasteiger partial charge in [-0.15, -0.1) is 11.3 Å². The van der Waals surface area contributed by atoms with E-state index in [1.165, 1.54) is 38.9 Å². The number of fused-ring (bicyclic) bond motifs is 1. The molecule has 0 N–H and O–H groups in total. The molecule has 0 saturated heterocycles. The molecule has 1 saturated carbocycles. The van der Waals surface area contributed by atoms with Crippen molar-refractivity contribution in [1.29, 1.82) is 0 Å². The summed E-state index contributed by atoms with van der Waals surface area (Å²) in [5.41, 5.74) is 1.52. The molecule has 0 bridgehead atoms. The zero-order chi connectivity index (χ0) is 22.2. The molecule has 1 nitrogen and oxygen atoms in total. The average Bonchev–Trinajstić information content (AvgIpc) is 3.42. The van der Waals surface area contributed by atoms with Crippen molar-refractivity contribution < 1.29 is 4.43 Å². The Labute approximate surface area is 197 Å². The molecule has 164 valence electrons. The molecule has 1 aliphatic rings. The molecule has 0 aliphatic heterocycles. The third-order valence-electron chi connectivity index (χ3n) is 7.04. The second-order valence-electron chi connectivity index (χ2n) is 10.2. The molecule has 32 heavy (non-hydrogen) atoms. The van der Waals surface area contributed by atoms with Gasteiger partial charge in [0.2, 0.25) is 0 Å². The van der Waals surface area contributed by atoms with Crippen LogP contribution in [0.25, 0.3) is 10.1 Å². The molecular formula is C29H32OSSi. The lowest BCUT2D eigenvalue weighted by Gasteiger charge is -2.43. The van der Waals surface area contributed by atoms with Gasteiger partial charge in [0.05, 0.1) is 0 Å². The van der Waals surface area contributed by atoms with Crippen LogP contribution in [0.15, 0.2) is 90.3 Å². The first-order chi connectivity index (χ1) is 15.5. The van der Waals surface area contributed by atoms with Gasteiger partial charge in [-0.05, 0) is 62.5 Å². The van der Waals surface area contributed by atoms with Crippen molar-refractivity contribution in [1.82, 2.24) is 0 Å². The second kappa shape index (κ2) is 8.62. The van der Waals surface area contributed by atoms with Crippen LogP contribution in [0, 0.1) is 11.8 Å². The Morgan fingerprint density at radius 2 is 1.41 bits per heavy atom. The van der Waals surface area contributed by atoms with E-state index in [2.05, 4.69) is 111 Å². The normalized spacial score (nSPS) is 18.7. The van der Waals surface area contributed by atoms with Crippen LogP contribution >= 0.6 is 11.3 Å². The predicted octanol–water partition coefficient (Wildman–Crippen LogP) is 6.66. The molecule has 0 spiro atoms. The fourth-order valence-corrected chi connectivity index (χ4v) is 10.8. The first-order valence-corrected chi connectivity index (χ1v) is 14.5. The van der Waals surface area contributed by atoms with E-state index < -0.39 is 8.32 Å². The third kappa shape index (κ3) is 3.98. The minimum absolute atomic E-state index is 0.0453. The maximum absolute atomic E-state index is 7.17. The zero-order valence-corrected chi connectivity index (χ0v) is 21.1. The highest BCUT2D eigenvalue weighted by molar-refractivity contribution is 7.17. The van der Waals surface area contributed by atoms with Gasteiger partial charge in [-0.2, -0.15) is 0 Å². The van der Waals surface area contributed by atoms with E-state index in [-0.39, 0.29) is 5.04 Å². The first-order valence-electron chi connectivity index (χ1n) is 11.7. The molecule has 1 fully saturated rings. The molecule has 3 heteroatoms. The van der Waals surface area contributed by atoms with E-state index in [1.807, 2.05) is 11.3 Å². The highest BCUT2D eigenvalue weighted by Crippen LogP contribution is 2.45. The van der Waals surface area contributed by atoms with E-state index in [1.54, 1.807) is 0 Å². The highest BCUT2D eigenvalue weighted by atomic mass is 32.1. The van der Waals surface area contributed by atoms with E-state index in [9.17, 15) is 0 Å². The topological polar surface area (TPSA) is 9.23 Å². The maximum atomic E-state index is 7.17. The fourth-order valence-electron chi connectivity index (χ4n) is 5.23. The zero-order valence-electron chi connectivity index (χ0n) is 19.3. The number of rotatable bonds is 7. The van der Waals surface area contributed by atoms with Crippen LogP contribution in [-0.2, 0) is 10.8 Å². The monoisotopic (exact) mass is 456 g/mol. The van der Waals surface area contributed by atoms with Crippen LogP contribution in [0.4, 0.5) is 0 Å². The summed E-state index contributed by atoms with van der Waals surface area (Å²) in [6.45, 7) is 7.95. The van der Waals surface area contributed by atoms with Gasteiger partial charge in [-0.1, -0.05) is 99.6 Å². The van der Waals surface area contributed by atoms with Gasteiger partial charge in [-0.25, -0.2) is 0 Å². The summed E-state index contributed by atoms with van der Waals surface area (Å²) >= 11 is 1.88.